The van der Waals surface area contributed by atoms with Crippen LogP contribution in [-0.2, 0) is 0 Å². The Bertz CT molecular complexity index is 776. The number of aromatic nitrogens is 1. The number of nitro groups is 2. The molecular formula is C12H8N4O6. The Hall–Kier alpha value is -3.56. The molecule has 0 fully saturated rings. The molecule has 2 rings (SSSR count). The highest BCUT2D eigenvalue weighted by Crippen LogP contribution is 2.29. The second-order valence-electron chi connectivity index (χ2n) is 4.05. The van der Waals surface area contributed by atoms with Crippen LogP contribution in [-0.4, -0.2) is 25.9 Å². The second-order valence-corrected chi connectivity index (χ2v) is 4.05. The van der Waals surface area contributed by atoms with Crippen LogP contribution >= 0.6 is 0 Å². The summed E-state index contributed by atoms with van der Waals surface area (Å²) in [5.41, 5.74) is -1.20. The third-order valence-corrected chi connectivity index (χ3v) is 2.67. The molecule has 10 nitrogen and oxygen atoms in total. The summed E-state index contributed by atoms with van der Waals surface area (Å²) in [5, 5.41) is 33.2. The zero-order valence-corrected chi connectivity index (χ0v) is 10.8. The summed E-state index contributed by atoms with van der Waals surface area (Å²) in [7, 11) is 0. The van der Waals surface area contributed by atoms with Crippen LogP contribution in [0, 0.1) is 20.2 Å². The van der Waals surface area contributed by atoms with Crippen molar-refractivity contribution in [2.45, 2.75) is 0 Å². The quantitative estimate of drug-likeness (QED) is 0.631. The van der Waals surface area contributed by atoms with Crippen LogP contribution in [0.15, 0.2) is 36.5 Å². The average molecular weight is 304 g/mol. The summed E-state index contributed by atoms with van der Waals surface area (Å²) in [5.74, 6) is -1.52. The fourth-order valence-electron chi connectivity index (χ4n) is 1.68. The van der Waals surface area contributed by atoms with E-state index < -0.39 is 27.2 Å². The zero-order chi connectivity index (χ0) is 16.3. The molecule has 1 aromatic carbocycles. The lowest BCUT2D eigenvalue weighted by molar-refractivity contribution is -0.394. The predicted molar refractivity (Wildman–Crippen MR) is 74.2 cm³/mol. The monoisotopic (exact) mass is 304 g/mol. The Balaban J connectivity index is 2.48. The Morgan fingerprint density at radius 2 is 1.86 bits per heavy atom. The van der Waals surface area contributed by atoms with Gasteiger partial charge < -0.3 is 10.4 Å². The molecule has 0 radical (unpaired) electrons. The maximum Gasteiger partial charge on any atom is 0.337 e. The molecule has 1 aromatic heterocycles. The van der Waals surface area contributed by atoms with Crippen molar-refractivity contribution in [1.82, 2.24) is 4.98 Å². The first-order valence-electron chi connectivity index (χ1n) is 5.78. The van der Waals surface area contributed by atoms with Gasteiger partial charge in [0.2, 0.25) is 5.82 Å². The van der Waals surface area contributed by atoms with E-state index in [0.717, 1.165) is 12.3 Å². The number of rotatable bonds is 5. The van der Waals surface area contributed by atoms with E-state index in [0.29, 0.717) is 0 Å². The van der Waals surface area contributed by atoms with Gasteiger partial charge in [-0.2, -0.15) is 0 Å². The molecule has 0 amide bonds. The second kappa shape index (κ2) is 5.83. The number of carboxylic acid groups (broad SMARTS) is 1. The van der Waals surface area contributed by atoms with Gasteiger partial charge in [0.25, 0.3) is 5.69 Å². The number of carboxylic acids is 1. The van der Waals surface area contributed by atoms with E-state index in [9.17, 15) is 25.0 Å². The number of nitrogens with zero attached hydrogens (tertiary/aromatic N) is 3. The standard InChI is InChI=1S/C12H8N4O6/c17-12(18)8-3-1-2-4-9(8)14-11-10(16(21)22)5-7(6-13-11)15(19)20/h1-6H,(H,13,14)(H,17,18). The fourth-order valence-corrected chi connectivity index (χ4v) is 1.68. The van der Waals surface area contributed by atoms with Gasteiger partial charge in [-0.1, -0.05) is 12.1 Å². The van der Waals surface area contributed by atoms with E-state index in [-0.39, 0.29) is 17.1 Å². The summed E-state index contributed by atoms with van der Waals surface area (Å²) in [6.07, 6.45) is 0.846. The minimum Gasteiger partial charge on any atom is -0.478 e. The minimum atomic E-state index is -1.23. The molecule has 1 heterocycles. The molecule has 2 N–H and O–H groups in total. The maximum absolute atomic E-state index is 11.1. The van der Waals surface area contributed by atoms with Crippen molar-refractivity contribution in [2.24, 2.45) is 0 Å². The third kappa shape index (κ3) is 2.95. The van der Waals surface area contributed by atoms with Crippen LogP contribution in [0.3, 0.4) is 0 Å². The molecule has 0 saturated carbocycles. The zero-order valence-electron chi connectivity index (χ0n) is 10.8. The van der Waals surface area contributed by atoms with E-state index >= 15 is 0 Å². The molecule has 0 spiro atoms. The van der Waals surface area contributed by atoms with Crippen molar-refractivity contribution in [1.29, 1.82) is 0 Å². The molecule has 2 aromatic rings. The Labute approximate surface area is 122 Å². The predicted octanol–water partition coefficient (Wildman–Crippen LogP) is 2.34. The van der Waals surface area contributed by atoms with E-state index in [1.54, 1.807) is 0 Å². The molecule has 0 saturated heterocycles. The molecule has 22 heavy (non-hydrogen) atoms. The number of nitrogens with one attached hydrogen (secondary N) is 1. The van der Waals surface area contributed by atoms with Gasteiger partial charge in [0.15, 0.2) is 0 Å². The third-order valence-electron chi connectivity index (χ3n) is 2.67. The van der Waals surface area contributed by atoms with Crippen LogP contribution in [0.4, 0.5) is 22.9 Å². The van der Waals surface area contributed by atoms with Crippen LogP contribution in [0.5, 0.6) is 0 Å². The molecule has 0 bridgehead atoms. The van der Waals surface area contributed by atoms with Crippen molar-refractivity contribution in [2.75, 3.05) is 5.32 Å². The van der Waals surface area contributed by atoms with Crippen LogP contribution < -0.4 is 5.32 Å². The van der Waals surface area contributed by atoms with Crippen LogP contribution in [0.2, 0.25) is 0 Å². The van der Waals surface area contributed by atoms with Gasteiger partial charge in [0, 0.05) is 0 Å². The highest BCUT2D eigenvalue weighted by Gasteiger charge is 2.22. The van der Waals surface area contributed by atoms with Crippen molar-refractivity contribution in [3.05, 3.63) is 62.3 Å². The lowest BCUT2D eigenvalue weighted by Gasteiger charge is -2.08. The molecule has 0 atom stereocenters. The summed E-state index contributed by atoms with van der Waals surface area (Å²) in [4.78, 5) is 34.7. The number of hydrogen-bond acceptors (Lipinski definition) is 7. The van der Waals surface area contributed by atoms with Gasteiger partial charge in [-0.05, 0) is 12.1 Å². The molecule has 10 heteroatoms. The van der Waals surface area contributed by atoms with E-state index in [1.807, 2.05) is 0 Å². The van der Waals surface area contributed by atoms with Crippen molar-refractivity contribution in [3.8, 4) is 0 Å². The van der Waals surface area contributed by atoms with Crippen LogP contribution in [0.1, 0.15) is 10.4 Å². The summed E-state index contributed by atoms with van der Waals surface area (Å²) >= 11 is 0. The van der Waals surface area contributed by atoms with E-state index in [4.69, 9.17) is 5.11 Å². The number of hydrogen-bond donors (Lipinski definition) is 2. The normalized spacial score (nSPS) is 10.0. The first-order valence-corrected chi connectivity index (χ1v) is 5.78. The van der Waals surface area contributed by atoms with Gasteiger partial charge >= 0.3 is 11.7 Å². The maximum atomic E-state index is 11.1. The highest BCUT2D eigenvalue weighted by molar-refractivity contribution is 5.95. The topological polar surface area (TPSA) is 149 Å². The minimum absolute atomic E-state index is 0.0828. The Kier molecular flexibility index (Phi) is 3.93. The van der Waals surface area contributed by atoms with E-state index in [2.05, 4.69) is 10.3 Å². The lowest BCUT2D eigenvalue weighted by Crippen LogP contribution is -2.05. The molecule has 0 aliphatic carbocycles. The number of carbonyl (C=O) groups is 1. The summed E-state index contributed by atoms with van der Waals surface area (Å²) in [6, 6.07) is 6.48. The van der Waals surface area contributed by atoms with Crippen molar-refractivity contribution < 1.29 is 19.7 Å². The number of benzene rings is 1. The van der Waals surface area contributed by atoms with Gasteiger partial charge in [-0.15, -0.1) is 0 Å². The molecular weight excluding hydrogens is 296 g/mol. The SMILES string of the molecule is O=C(O)c1ccccc1Nc1ncc([N+](=O)[O-])cc1[N+](=O)[O-]. The first kappa shape index (κ1) is 14.8. The number of pyridine rings is 1. The Morgan fingerprint density at radius 3 is 2.45 bits per heavy atom. The van der Waals surface area contributed by atoms with Gasteiger partial charge in [0.1, 0.15) is 6.20 Å². The number of aromatic carboxylic acids is 1. The molecule has 0 aliphatic rings. The smallest absolute Gasteiger partial charge is 0.337 e. The van der Waals surface area contributed by atoms with Gasteiger partial charge in [0.05, 0.1) is 27.2 Å². The van der Waals surface area contributed by atoms with Gasteiger partial charge in [-0.25, -0.2) is 9.78 Å². The summed E-state index contributed by atoms with van der Waals surface area (Å²) < 4.78 is 0. The highest BCUT2D eigenvalue weighted by atomic mass is 16.6. The molecule has 112 valence electrons. The molecule has 0 aliphatic heterocycles. The largest absolute Gasteiger partial charge is 0.478 e. The molecule has 0 unspecified atom stereocenters. The first-order chi connectivity index (χ1) is 10.4. The Morgan fingerprint density at radius 1 is 1.18 bits per heavy atom. The summed E-state index contributed by atoms with van der Waals surface area (Å²) in [6.45, 7) is 0. The average Bonchev–Trinajstić information content (AvgIpc) is 2.47. The fraction of sp³-hybridized carbons (Fsp3) is 0. The van der Waals surface area contributed by atoms with Crippen molar-refractivity contribution in [3.63, 3.8) is 0 Å². The number of anilines is 2. The van der Waals surface area contributed by atoms with Crippen LogP contribution in [0.25, 0.3) is 0 Å². The lowest BCUT2D eigenvalue weighted by atomic mass is 10.2. The number of para-hydroxylation sites is 1. The van der Waals surface area contributed by atoms with E-state index in [1.165, 1.54) is 24.3 Å². The van der Waals surface area contributed by atoms with Gasteiger partial charge in [-0.3, -0.25) is 20.2 Å². The van der Waals surface area contributed by atoms with Crippen molar-refractivity contribution >= 4 is 28.8 Å².